The second-order valence-corrected chi connectivity index (χ2v) is 8.42. The third-order valence-electron chi connectivity index (χ3n) is 6.65. The Morgan fingerprint density at radius 3 is 2.39 bits per heavy atom. The average Bonchev–Trinajstić information content (AvgIpc) is 3.00. The minimum Gasteiger partial charge on any atom is -0.307 e. The van der Waals surface area contributed by atoms with E-state index in [1.807, 2.05) is 0 Å². The lowest BCUT2D eigenvalue weighted by molar-refractivity contribution is -0.643. The Kier molecular flexibility index (Phi) is 2.85. The largest absolute Gasteiger partial charge is 0.307 e. The van der Waals surface area contributed by atoms with Gasteiger partial charge in [0.1, 0.15) is 7.05 Å². The quantitative estimate of drug-likeness (QED) is 0.176. The molecule has 3 aromatic carbocycles. The van der Waals surface area contributed by atoms with Gasteiger partial charge in [0.05, 0.1) is 27.3 Å². The molecular formula is C26H23N2+. The molecule has 0 aliphatic heterocycles. The van der Waals surface area contributed by atoms with Gasteiger partial charge in [0.25, 0.3) is 0 Å². The van der Waals surface area contributed by atoms with Gasteiger partial charge in [-0.2, -0.15) is 0 Å². The van der Waals surface area contributed by atoms with E-state index in [4.69, 9.17) is 0 Å². The Balaban J connectivity index is 2.16. The lowest BCUT2D eigenvalue weighted by atomic mass is 9.95. The number of rotatable bonds is 0. The molecule has 6 aromatic rings. The standard InChI is InChI=1S/C26H23N2/c1-14-6-9-21-20(12-14)19-8-7-18-10-11-27(5)26-22-17(4)15(2)13-16(3)24(22)28(21)25(19)23(18)26/h6-13H,1-5H3/q+1. The fourth-order valence-electron chi connectivity index (χ4n) is 5.25. The molecule has 0 saturated carbocycles. The molecule has 0 bridgehead atoms. The highest BCUT2D eigenvalue weighted by atomic mass is 15.0. The van der Waals surface area contributed by atoms with Crippen LogP contribution in [0.15, 0.2) is 48.7 Å². The number of benzene rings is 3. The molecule has 28 heavy (non-hydrogen) atoms. The fraction of sp³-hybridized carbons (Fsp3) is 0.192. The summed E-state index contributed by atoms with van der Waals surface area (Å²) in [7, 11) is 2.18. The molecule has 0 N–H and O–H groups in total. The molecule has 0 unspecified atom stereocenters. The predicted molar refractivity (Wildman–Crippen MR) is 119 cm³/mol. The number of nitrogens with zero attached hydrogens (tertiary/aromatic N) is 2. The molecule has 0 fully saturated rings. The summed E-state index contributed by atoms with van der Waals surface area (Å²) in [6, 6.07) is 16.0. The Morgan fingerprint density at radius 2 is 1.57 bits per heavy atom. The van der Waals surface area contributed by atoms with Gasteiger partial charge in [-0.15, -0.1) is 0 Å². The van der Waals surface area contributed by atoms with E-state index in [9.17, 15) is 0 Å². The van der Waals surface area contributed by atoms with Crippen molar-refractivity contribution in [1.29, 1.82) is 0 Å². The summed E-state index contributed by atoms with van der Waals surface area (Å²) >= 11 is 0. The van der Waals surface area contributed by atoms with Crippen molar-refractivity contribution < 1.29 is 4.57 Å². The number of hydrogen-bond donors (Lipinski definition) is 0. The van der Waals surface area contributed by atoms with Crippen LogP contribution in [0.1, 0.15) is 22.3 Å². The first-order valence-electron chi connectivity index (χ1n) is 9.95. The van der Waals surface area contributed by atoms with Crippen LogP contribution < -0.4 is 4.57 Å². The van der Waals surface area contributed by atoms with Crippen molar-refractivity contribution in [1.82, 2.24) is 4.40 Å². The Bertz CT molecular complexity index is 1600. The Hall–Kier alpha value is -3.13. The molecule has 0 atom stereocenters. The summed E-state index contributed by atoms with van der Waals surface area (Å²) in [4.78, 5) is 0. The van der Waals surface area contributed by atoms with Crippen molar-refractivity contribution in [3.8, 4) is 0 Å². The number of pyridine rings is 2. The number of aryl methyl sites for hydroxylation is 5. The zero-order chi connectivity index (χ0) is 19.3. The van der Waals surface area contributed by atoms with E-state index >= 15 is 0 Å². The summed E-state index contributed by atoms with van der Waals surface area (Å²) in [6.45, 7) is 8.94. The molecule has 0 aliphatic rings. The molecule has 136 valence electrons. The zero-order valence-corrected chi connectivity index (χ0v) is 17.0. The Morgan fingerprint density at radius 1 is 0.750 bits per heavy atom. The maximum atomic E-state index is 2.52. The summed E-state index contributed by atoms with van der Waals surface area (Å²) in [5, 5.41) is 6.76. The van der Waals surface area contributed by atoms with Crippen LogP contribution in [-0.2, 0) is 7.05 Å². The fourth-order valence-corrected chi connectivity index (χ4v) is 5.25. The van der Waals surface area contributed by atoms with Crippen molar-refractivity contribution in [2.75, 3.05) is 0 Å². The van der Waals surface area contributed by atoms with Gasteiger partial charge in [-0.25, -0.2) is 4.57 Å². The van der Waals surface area contributed by atoms with Crippen LogP contribution in [0.4, 0.5) is 0 Å². The highest BCUT2D eigenvalue weighted by molar-refractivity contribution is 6.27. The third-order valence-corrected chi connectivity index (χ3v) is 6.65. The molecule has 2 heteroatoms. The highest BCUT2D eigenvalue weighted by Crippen LogP contribution is 2.42. The van der Waals surface area contributed by atoms with E-state index in [1.54, 1.807) is 0 Å². The summed E-state index contributed by atoms with van der Waals surface area (Å²) in [5.41, 5.74) is 10.7. The maximum Gasteiger partial charge on any atom is 0.224 e. The summed E-state index contributed by atoms with van der Waals surface area (Å²) < 4.78 is 4.83. The molecule has 0 saturated heterocycles. The minimum absolute atomic E-state index is 1.30. The minimum atomic E-state index is 1.30. The van der Waals surface area contributed by atoms with Gasteiger partial charge in [0.2, 0.25) is 5.52 Å². The van der Waals surface area contributed by atoms with Crippen LogP contribution in [0.3, 0.4) is 0 Å². The van der Waals surface area contributed by atoms with Crippen molar-refractivity contribution in [3.05, 3.63) is 70.9 Å². The van der Waals surface area contributed by atoms with Gasteiger partial charge in [-0.05, 0) is 61.9 Å². The summed E-state index contributed by atoms with van der Waals surface area (Å²) in [6.07, 6.45) is 2.20. The smallest absolute Gasteiger partial charge is 0.224 e. The first kappa shape index (κ1) is 15.9. The molecule has 6 rings (SSSR count). The topological polar surface area (TPSA) is 8.29 Å². The lowest BCUT2D eigenvalue weighted by Gasteiger charge is -2.16. The van der Waals surface area contributed by atoms with E-state index in [-0.39, 0.29) is 0 Å². The van der Waals surface area contributed by atoms with Gasteiger partial charge >= 0.3 is 0 Å². The van der Waals surface area contributed by atoms with E-state index < -0.39 is 0 Å². The number of hydrogen-bond acceptors (Lipinski definition) is 0. The van der Waals surface area contributed by atoms with Crippen LogP contribution in [0, 0.1) is 27.7 Å². The van der Waals surface area contributed by atoms with Crippen molar-refractivity contribution >= 4 is 49.0 Å². The number of fused-ring (bicyclic) bond motifs is 6. The molecule has 3 heterocycles. The van der Waals surface area contributed by atoms with Gasteiger partial charge in [0, 0.05) is 16.8 Å². The summed E-state index contributed by atoms with van der Waals surface area (Å²) in [5.74, 6) is 0. The normalized spacial score (nSPS) is 12.5. The van der Waals surface area contributed by atoms with Crippen molar-refractivity contribution in [2.45, 2.75) is 27.7 Å². The molecule has 0 radical (unpaired) electrons. The van der Waals surface area contributed by atoms with Crippen LogP contribution in [0.25, 0.3) is 49.0 Å². The first-order chi connectivity index (χ1) is 13.5. The third kappa shape index (κ3) is 1.71. The van der Waals surface area contributed by atoms with E-state index in [0.717, 1.165) is 0 Å². The first-order valence-corrected chi connectivity index (χ1v) is 9.95. The second-order valence-electron chi connectivity index (χ2n) is 8.42. The molecule has 2 nitrogen and oxygen atoms in total. The van der Waals surface area contributed by atoms with Gasteiger partial charge in [0.15, 0.2) is 6.20 Å². The van der Waals surface area contributed by atoms with E-state index in [2.05, 4.69) is 92.4 Å². The number of aromatic nitrogens is 2. The molecule has 0 amide bonds. The van der Waals surface area contributed by atoms with Crippen molar-refractivity contribution in [2.24, 2.45) is 7.05 Å². The van der Waals surface area contributed by atoms with E-state index in [1.165, 1.54) is 71.3 Å². The van der Waals surface area contributed by atoms with Crippen molar-refractivity contribution in [3.63, 3.8) is 0 Å². The average molecular weight is 363 g/mol. The van der Waals surface area contributed by atoms with Gasteiger partial charge < -0.3 is 4.40 Å². The molecule has 3 aromatic heterocycles. The molecule has 0 spiro atoms. The van der Waals surface area contributed by atoms with Crippen LogP contribution >= 0.6 is 0 Å². The highest BCUT2D eigenvalue weighted by Gasteiger charge is 2.25. The SMILES string of the molecule is Cc1ccc2c(c1)c1ccc3cc[n+](C)c4c5c(C)c(C)cc(C)c5n2c1c34. The van der Waals surface area contributed by atoms with Crippen LogP contribution in [0.5, 0.6) is 0 Å². The van der Waals surface area contributed by atoms with Crippen LogP contribution in [-0.4, -0.2) is 4.40 Å². The van der Waals surface area contributed by atoms with Crippen LogP contribution in [0.2, 0.25) is 0 Å². The van der Waals surface area contributed by atoms with E-state index in [0.29, 0.717) is 0 Å². The lowest BCUT2D eigenvalue weighted by Crippen LogP contribution is -2.29. The molecular weight excluding hydrogens is 340 g/mol. The van der Waals surface area contributed by atoms with Gasteiger partial charge in [-0.3, -0.25) is 0 Å². The Labute approximate surface area is 164 Å². The maximum absolute atomic E-state index is 2.52. The second kappa shape index (κ2) is 5.02. The van der Waals surface area contributed by atoms with Gasteiger partial charge in [-0.1, -0.05) is 29.8 Å². The predicted octanol–water partition coefficient (Wildman–Crippen LogP) is 6.05. The zero-order valence-electron chi connectivity index (χ0n) is 17.0. The molecule has 0 aliphatic carbocycles. The monoisotopic (exact) mass is 363 g/mol.